The monoisotopic (exact) mass is 242 g/mol. The van der Waals surface area contributed by atoms with Gasteiger partial charge in [-0.25, -0.2) is 0 Å². The summed E-state index contributed by atoms with van der Waals surface area (Å²) < 4.78 is 1.73. The van der Waals surface area contributed by atoms with Gasteiger partial charge in [-0.3, -0.25) is 4.68 Å². The number of nitrogens with one attached hydrogen (secondary N) is 1. The highest BCUT2D eigenvalue weighted by atomic mass is 15.4. The molecule has 2 aromatic rings. The molecule has 1 N–H and O–H groups in total. The molecule has 0 bridgehead atoms. The molecule has 1 aliphatic rings. The van der Waals surface area contributed by atoms with Gasteiger partial charge in [0.2, 0.25) is 0 Å². The molecule has 0 atom stereocenters. The fourth-order valence-corrected chi connectivity index (χ4v) is 2.61. The molecule has 4 heteroatoms. The first-order valence-corrected chi connectivity index (χ1v) is 6.53. The Bertz CT molecular complexity index is 544. The lowest BCUT2D eigenvalue weighted by atomic mass is 9.90. The van der Waals surface area contributed by atoms with Gasteiger partial charge in [-0.15, -0.1) is 5.10 Å². The summed E-state index contributed by atoms with van der Waals surface area (Å²) >= 11 is 0. The van der Waals surface area contributed by atoms with E-state index in [0.717, 1.165) is 12.2 Å². The number of nitrogens with zero attached hydrogens (tertiary/aromatic N) is 3. The molecular weight excluding hydrogens is 224 g/mol. The number of hydrogen-bond donors (Lipinski definition) is 1. The molecule has 1 aromatic heterocycles. The van der Waals surface area contributed by atoms with E-state index in [-0.39, 0.29) is 0 Å². The first kappa shape index (κ1) is 11.3. The predicted octanol–water partition coefficient (Wildman–Crippen LogP) is 2.31. The average molecular weight is 242 g/mol. The summed E-state index contributed by atoms with van der Waals surface area (Å²) in [6.07, 6.45) is 6.98. The Morgan fingerprint density at radius 2 is 2.17 bits per heavy atom. The normalized spacial score (nSPS) is 14.3. The van der Waals surface area contributed by atoms with E-state index in [1.54, 1.807) is 4.68 Å². The van der Waals surface area contributed by atoms with Crippen molar-refractivity contribution in [2.45, 2.75) is 32.2 Å². The van der Waals surface area contributed by atoms with Crippen molar-refractivity contribution >= 4 is 5.69 Å². The number of aryl methyl sites for hydroxylation is 2. The smallest absolute Gasteiger partial charge is 0.102 e. The van der Waals surface area contributed by atoms with Crippen LogP contribution in [0.4, 0.5) is 5.69 Å². The van der Waals surface area contributed by atoms with Crippen LogP contribution in [0, 0.1) is 0 Å². The SMILES string of the molecule is Cn1cc(CNc2cccc3c2CCCC3)nn1. The highest BCUT2D eigenvalue weighted by molar-refractivity contribution is 5.55. The molecule has 0 spiro atoms. The van der Waals surface area contributed by atoms with Crippen LogP contribution >= 0.6 is 0 Å². The minimum Gasteiger partial charge on any atom is -0.379 e. The van der Waals surface area contributed by atoms with E-state index in [2.05, 4.69) is 33.8 Å². The molecule has 0 saturated carbocycles. The highest BCUT2D eigenvalue weighted by Crippen LogP contribution is 2.27. The summed E-state index contributed by atoms with van der Waals surface area (Å²) in [6, 6.07) is 6.56. The zero-order valence-corrected chi connectivity index (χ0v) is 10.7. The van der Waals surface area contributed by atoms with Gasteiger partial charge in [0.05, 0.1) is 6.54 Å². The molecule has 0 unspecified atom stereocenters. The van der Waals surface area contributed by atoms with Crippen LogP contribution in [-0.4, -0.2) is 15.0 Å². The van der Waals surface area contributed by atoms with Crippen LogP contribution in [0.25, 0.3) is 0 Å². The summed E-state index contributed by atoms with van der Waals surface area (Å²) in [6.45, 7) is 0.740. The van der Waals surface area contributed by atoms with Crippen LogP contribution in [0.3, 0.4) is 0 Å². The number of anilines is 1. The summed E-state index contributed by atoms with van der Waals surface area (Å²) in [5.74, 6) is 0. The third-order valence-electron chi connectivity index (χ3n) is 3.51. The Labute approximate surface area is 107 Å². The number of benzene rings is 1. The maximum absolute atomic E-state index is 4.09. The van der Waals surface area contributed by atoms with Crippen molar-refractivity contribution in [3.63, 3.8) is 0 Å². The van der Waals surface area contributed by atoms with Gasteiger partial charge in [-0.1, -0.05) is 17.3 Å². The third-order valence-corrected chi connectivity index (χ3v) is 3.51. The molecule has 3 rings (SSSR count). The molecule has 4 nitrogen and oxygen atoms in total. The van der Waals surface area contributed by atoms with Crippen molar-refractivity contribution in [1.82, 2.24) is 15.0 Å². The zero-order valence-electron chi connectivity index (χ0n) is 10.7. The molecular formula is C14H18N4. The number of hydrogen-bond acceptors (Lipinski definition) is 3. The van der Waals surface area contributed by atoms with E-state index in [1.807, 2.05) is 13.2 Å². The first-order chi connectivity index (χ1) is 8.83. The topological polar surface area (TPSA) is 42.7 Å². The molecule has 0 radical (unpaired) electrons. The molecule has 0 fully saturated rings. The van der Waals surface area contributed by atoms with Gasteiger partial charge < -0.3 is 5.32 Å². The maximum atomic E-state index is 4.09. The van der Waals surface area contributed by atoms with Crippen LogP contribution in [0.5, 0.6) is 0 Å². The van der Waals surface area contributed by atoms with E-state index < -0.39 is 0 Å². The molecule has 1 aliphatic carbocycles. The molecule has 94 valence electrons. The quantitative estimate of drug-likeness (QED) is 0.898. The number of rotatable bonds is 3. The Balaban J connectivity index is 1.76. The standard InChI is InChI=1S/C14H18N4/c1-18-10-12(16-17-18)9-15-14-8-4-6-11-5-2-3-7-13(11)14/h4,6,8,10,15H,2-3,5,7,9H2,1H3. The van der Waals surface area contributed by atoms with Crippen LogP contribution in [0.2, 0.25) is 0 Å². The van der Waals surface area contributed by atoms with Gasteiger partial charge in [0.1, 0.15) is 5.69 Å². The van der Waals surface area contributed by atoms with Gasteiger partial charge >= 0.3 is 0 Å². The lowest BCUT2D eigenvalue weighted by Gasteiger charge is -2.19. The van der Waals surface area contributed by atoms with Crippen molar-refractivity contribution < 1.29 is 0 Å². The summed E-state index contributed by atoms with van der Waals surface area (Å²) in [5.41, 5.74) is 5.24. The Kier molecular flexibility index (Phi) is 3.00. The zero-order chi connectivity index (χ0) is 12.4. The second-order valence-electron chi connectivity index (χ2n) is 4.89. The van der Waals surface area contributed by atoms with Crippen molar-refractivity contribution in [2.24, 2.45) is 7.05 Å². The van der Waals surface area contributed by atoms with E-state index in [9.17, 15) is 0 Å². The number of fused-ring (bicyclic) bond motifs is 1. The van der Waals surface area contributed by atoms with E-state index in [1.165, 1.54) is 42.5 Å². The van der Waals surface area contributed by atoms with Crippen LogP contribution in [0.1, 0.15) is 29.7 Å². The summed E-state index contributed by atoms with van der Waals surface area (Å²) in [5, 5.41) is 11.5. The van der Waals surface area contributed by atoms with Crippen molar-refractivity contribution in [2.75, 3.05) is 5.32 Å². The predicted molar refractivity (Wildman–Crippen MR) is 71.4 cm³/mol. The second-order valence-corrected chi connectivity index (χ2v) is 4.89. The highest BCUT2D eigenvalue weighted by Gasteiger charge is 2.12. The largest absolute Gasteiger partial charge is 0.379 e. The molecule has 18 heavy (non-hydrogen) atoms. The van der Waals surface area contributed by atoms with Crippen LogP contribution in [0.15, 0.2) is 24.4 Å². The minimum absolute atomic E-state index is 0.740. The lowest BCUT2D eigenvalue weighted by molar-refractivity contribution is 0.686. The van der Waals surface area contributed by atoms with Crippen molar-refractivity contribution in [3.8, 4) is 0 Å². The molecule has 1 heterocycles. The average Bonchev–Trinajstić information content (AvgIpc) is 2.82. The van der Waals surface area contributed by atoms with Gasteiger partial charge in [0.25, 0.3) is 0 Å². The molecule has 0 amide bonds. The Morgan fingerprint density at radius 3 is 3.00 bits per heavy atom. The van der Waals surface area contributed by atoms with Gasteiger partial charge in [0.15, 0.2) is 0 Å². The van der Waals surface area contributed by atoms with E-state index in [4.69, 9.17) is 0 Å². The molecule has 0 saturated heterocycles. The van der Waals surface area contributed by atoms with E-state index in [0.29, 0.717) is 0 Å². The number of aromatic nitrogens is 3. The van der Waals surface area contributed by atoms with Gasteiger partial charge in [0, 0.05) is 18.9 Å². The Morgan fingerprint density at radius 1 is 1.28 bits per heavy atom. The molecule has 1 aromatic carbocycles. The first-order valence-electron chi connectivity index (χ1n) is 6.53. The lowest BCUT2D eigenvalue weighted by Crippen LogP contribution is -2.08. The fraction of sp³-hybridized carbons (Fsp3) is 0.429. The van der Waals surface area contributed by atoms with Crippen LogP contribution in [-0.2, 0) is 26.4 Å². The molecule has 0 aliphatic heterocycles. The summed E-state index contributed by atoms with van der Waals surface area (Å²) in [4.78, 5) is 0. The maximum Gasteiger partial charge on any atom is 0.102 e. The van der Waals surface area contributed by atoms with Crippen LogP contribution < -0.4 is 5.32 Å². The third kappa shape index (κ3) is 2.23. The fourth-order valence-electron chi connectivity index (χ4n) is 2.61. The van der Waals surface area contributed by atoms with E-state index >= 15 is 0 Å². The minimum atomic E-state index is 0.740. The Hall–Kier alpha value is -1.84. The van der Waals surface area contributed by atoms with Crippen molar-refractivity contribution in [1.29, 1.82) is 0 Å². The van der Waals surface area contributed by atoms with Crippen molar-refractivity contribution in [3.05, 3.63) is 41.2 Å². The summed E-state index contributed by atoms with van der Waals surface area (Å²) in [7, 11) is 1.89. The van der Waals surface area contributed by atoms with Gasteiger partial charge in [-0.2, -0.15) is 0 Å². The second kappa shape index (κ2) is 4.80. The van der Waals surface area contributed by atoms with Gasteiger partial charge in [-0.05, 0) is 42.9 Å².